The zero-order valence-corrected chi connectivity index (χ0v) is 11.3. The van der Waals surface area contributed by atoms with E-state index < -0.39 is 0 Å². The molecule has 1 aliphatic heterocycles. The van der Waals surface area contributed by atoms with Crippen molar-refractivity contribution in [2.45, 2.75) is 25.7 Å². The lowest BCUT2D eigenvalue weighted by Gasteiger charge is -2.22. The van der Waals surface area contributed by atoms with Crippen molar-refractivity contribution in [1.82, 2.24) is 0 Å². The molecular weight excluding hydrogens is 228 g/mol. The second-order valence-electron chi connectivity index (χ2n) is 4.79. The van der Waals surface area contributed by atoms with Gasteiger partial charge in [-0.1, -0.05) is 12.1 Å². The minimum Gasteiger partial charge on any atom is -0.377 e. The molecule has 2 atom stereocenters. The molecule has 1 fully saturated rings. The molecule has 100 valence electrons. The Morgan fingerprint density at radius 3 is 2.33 bits per heavy atom. The van der Waals surface area contributed by atoms with E-state index in [0.717, 1.165) is 13.1 Å². The Morgan fingerprint density at radius 1 is 1.22 bits per heavy atom. The highest BCUT2D eigenvalue weighted by molar-refractivity contribution is 5.56. The first-order valence-corrected chi connectivity index (χ1v) is 6.29. The van der Waals surface area contributed by atoms with E-state index in [1.165, 1.54) is 16.8 Å². The topological polar surface area (TPSA) is 47.7 Å². The van der Waals surface area contributed by atoms with Crippen molar-refractivity contribution in [3.63, 3.8) is 0 Å². The molecule has 0 radical (unpaired) electrons. The zero-order chi connectivity index (χ0) is 13.1. The van der Waals surface area contributed by atoms with E-state index in [4.69, 9.17) is 15.2 Å². The van der Waals surface area contributed by atoms with Crippen molar-refractivity contribution in [2.75, 3.05) is 32.2 Å². The van der Waals surface area contributed by atoms with Gasteiger partial charge in [-0.2, -0.15) is 0 Å². The molecule has 1 heterocycles. The van der Waals surface area contributed by atoms with Crippen molar-refractivity contribution in [3.05, 3.63) is 29.3 Å². The fourth-order valence-corrected chi connectivity index (χ4v) is 2.53. The van der Waals surface area contributed by atoms with Crippen LogP contribution >= 0.6 is 0 Å². The van der Waals surface area contributed by atoms with Crippen LogP contribution in [0.25, 0.3) is 0 Å². The van der Waals surface area contributed by atoms with E-state index in [1.807, 2.05) is 0 Å². The molecule has 2 unspecified atom stereocenters. The second-order valence-corrected chi connectivity index (χ2v) is 4.79. The van der Waals surface area contributed by atoms with Gasteiger partial charge < -0.3 is 20.1 Å². The SMILES string of the molecule is COC1CN(c2cc(C)ccc2CN)CC1OC. The average molecular weight is 250 g/mol. The van der Waals surface area contributed by atoms with Crippen LogP contribution in [0.4, 0.5) is 5.69 Å². The van der Waals surface area contributed by atoms with E-state index in [1.54, 1.807) is 14.2 Å². The van der Waals surface area contributed by atoms with Crippen LogP contribution in [-0.2, 0) is 16.0 Å². The summed E-state index contributed by atoms with van der Waals surface area (Å²) < 4.78 is 10.9. The summed E-state index contributed by atoms with van der Waals surface area (Å²) in [7, 11) is 3.47. The lowest BCUT2D eigenvalue weighted by atomic mass is 10.1. The summed E-state index contributed by atoms with van der Waals surface area (Å²) in [5.74, 6) is 0. The quantitative estimate of drug-likeness (QED) is 0.875. The van der Waals surface area contributed by atoms with Crippen LogP contribution in [0.15, 0.2) is 18.2 Å². The number of nitrogens with two attached hydrogens (primary N) is 1. The van der Waals surface area contributed by atoms with E-state index in [0.29, 0.717) is 6.54 Å². The molecule has 0 bridgehead atoms. The highest BCUT2D eigenvalue weighted by Gasteiger charge is 2.33. The Bertz CT molecular complexity index is 397. The first-order chi connectivity index (χ1) is 8.69. The predicted octanol–water partition coefficient (Wildman–Crippen LogP) is 1.30. The molecule has 0 amide bonds. The van der Waals surface area contributed by atoms with Crippen LogP contribution in [0.5, 0.6) is 0 Å². The first-order valence-electron chi connectivity index (χ1n) is 6.29. The third kappa shape index (κ3) is 2.51. The third-order valence-corrected chi connectivity index (χ3v) is 3.62. The van der Waals surface area contributed by atoms with Gasteiger partial charge in [-0.25, -0.2) is 0 Å². The van der Waals surface area contributed by atoms with Gasteiger partial charge in [-0.3, -0.25) is 0 Å². The Balaban J connectivity index is 2.24. The maximum absolute atomic E-state index is 5.81. The lowest BCUT2D eigenvalue weighted by Crippen LogP contribution is -2.27. The van der Waals surface area contributed by atoms with Gasteiger partial charge in [0.15, 0.2) is 0 Å². The second kappa shape index (κ2) is 5.69. The van der Waals surface area contributed by atoms with Crippen molar-refractivity contribution < 1.29 is 9.47 Å². The number of benzene rings is 1. The third-order valence-electron chi connectivity index (χ3n) is 3.62. The standard InChI is InChI=1S/C14H22N2O2/c1-10-4-5-11(7-15)12(6-10)16-8-13(17-2)14(9-16)18-3/h4-6,13-14H,7-9,15H2,1-3H3. The van der Waals surface area contributed by atoms with Gasteiger partial charge >= 0.3 is 0 Å². The fourth-order valence-electron chi connectivity index (χ4n) is 2.53. The summed E-state index contributed by atoms with van der Waals surface area (Å²) in [6.07, 6.45) is 0.252. The highest BCUT2D eigenvalue weighted by Crippen LogP contribution is 2.27. The summed E-state index contributed by atoms with van der Waals surface area (Å²) >= 11 is 0. The first kappa shape index (κ1) is 13.3. The van der Waals surface area contributed by atoms with E-state index >= 15 is 0 Å². The maximum Gasteiger partial charge on any atom is 0.102 e. The smallest absolute Gasteiger partial charge is 0.102 e. The zero-order valence-electron chi connectivity index (χ0n) is 11.3. The van der Waals surface area contributed by atoms with Gasteiger partial charge in [0.25, 0.3) is 0 Å². The van der Waals surface area contributed by atoms with Crippen molar-refractivity contribution in [1.29, 1.82) is 0 Å². The fraction of sp³-hybridized carbons (Fsp3) is 0.571. The van der Waals surface area contributed by atoms with Crippen LogP contribution in [0.2, 0.25) is 0 Å². The molecule has 0 saturated carbocycles. The number of hydrogen-bond acceptors (Lipinski definition) is 4. The lowest BCUT2D eigenvalue weighted by molar-refractivity contribution is -0.00461. The summed E-state index contributed by atoms with van der Waals surface area (Å²) in [5.41, 5.74) is 9.44. The number of aryl methyl sites for hydroxylation is 1. The van der Waals surface area contributed by atoms with Crippen molar-refractivity contribution in [2.24, 2.45) is 5.73 Å². The van der Waals surface area contributed by atoms with E-state index in [2.05, 4.69) is 30.0 Å². The number of rotatable bonds is 4. The van der Waals surface area contributed by atoms with Crippen molar-refractivity contribution >= 4 is 5.69 Å². The molecule has 0 aromatic heterocycles. The van der Waals surface area contributed by atoms with Crippen LogP contribution < -0.4 is 10.6 Å². The Hall–Kier alpha value is -1.10. The Kier molecular flexibility index (Phi) is 4.22. The van der Waals surface area contributed by atoms with Crippen LogP contribution in [-0.4, -0.2) is 39.5 Å². The number of anilines is 1. The van der Waals surface area contributed by atoms with Gasteiger partial charge in [-0.05, 0) is 24.1 Å². The van der Waals surface area contributed by atoms with Crippen molar-refractivity contribution in [3.8, 4) is 0 Å². The molecule has 4 nitrogen and oxygen atoms in total. The van der Waals surface area contributed by atoms with Crippen LogP contribution in [0, 0.1) is 6.92 Å². The number of methoxy groups -OCH3 is 2. The Morgan fingerprint density at radius 2 is 1.83 bits per heavy atom. The average Bonchev–Trinajstić information content (AvgIpc) is 2.81. The summed E-state index contributed by atoms with van der Waals surface area (Å²) in [5, 5.41) is 0. The molecule has 0 spiro atoms. The minimum atomic E-state index is 0.126. The highest BCUT2D eigenvalue weighted by atomic mass is 16.5. The summed E-state index contributed by atoms with van der Waals surface area (Å²) in [6.45, 7) is 4.36. The van der Waals surface area contributed by atoms with E-state index in [9.17, 15) is 0 Å². The van der Waals surface area contributed by atoms with Gasteiger partial charge in [0, 0.05) is 39.5 Å². The molecule has 1 aromatic rings. The summed E-state index contributed by atoms with van der Waals surface area (Å²) in [4.78, 5) is 2.30. The minimum absolute atomic E-state index is 0.126. The van der Waals surface area contributed by atoms with Crippen LogP contribution in [0.3, 0.4) is 0 Å². The molecular formula is C14H22N2O2. The monoisotopic (exact) mass is 250 g/mol. The van der Waals surface area contributed by atoms with Gasteiger partial charge in [-0.15, -0.1) is 0 Å². The number of nitrogens with zero attached hydrogens (tertiary/aromatic N) is 1. The molecule has 1 aliphatic rings. The number of hydrogen-bond donors (Lipinski definition) is 1. The molecule has 2 rings (SSSR count). The molecule has 1 aromatic carbocycles. The predicted molar refractivity (Wildman–Crippen MR) is 72.9 cm³/mol. The van der Waals surface area contributed by atoms with Gasteiger partial charge in [0.1, 0.15) is 12.2 Å². The molecule has 18 heavy (non-hydrogen) atoms. The normalized spacial score (nSPS) is 23.7. The van der Waals surface area contributed by atoms with E-state index in [-0.39, 0.29) is 12.2 Å². The van der Waals surface area contributed by atoms with Crippen LogP contribution in [0.1, 0.15) is 11.1 Å². The molecule has 1 saturated heterocycles. The van der Waals surface area contributed by atoms with Gasteiger partial charge in [0.05, 0.1) is 0 Å². The molecule has 0 aliphatic carbocycles. The Labute approximate surface area is 109 Å². The molecule has 2 N–H and O–H groups in total. The largest absolute Gasteiger partial charge is 0.377 e. The molecule has 4 heteroatoms. The summed E-state index contributed by atoms with van der Waals surface area (Å²) in [6, 6.07) is 6.39. The number of ether oxygens (including phenoxy) is 2. The maximum atomic E-state index is 5.81. The van der Waals surface area contributed by atoms with Gasteiger partial charge in [0.2, 0.25) is 0 Å².